The molecule has 110 valence electrons. The number of hydrogen-bond donors (Lipinski definition) is 1. The predicted octanol–water partition coefficient (Wildman–Crippen LogP) is 5.36. The molecule has 1 rings (SSSR count). The van der Waals surface area contributed by atoms with E-state index in [1.165, 1.54) is 6.07 Å². The number of alkyl halides is 3. The molecule has 6 heteroatoms. The SMILES string of the molecule is CCCCC[C@@H](N)c1cc(Cl)cc(C(F)(F)F)c1.Cl. The first kappa shape index (κ1) is 18.6. The first-order valence-electron chi connectivity index (χ1n) is 5.98. The van der Waals surface area contributed by atoms with E-state index in [1.54, 1.807) is 0 Å². The minimum Gasteiger partial charge on any atom is -0.324 e. The van der Waals surface area contributed by atoms with Crippen LogP contribution in [0.3, 0.4) is 0 Å². The molecular formula is C13H18Cl2F3N. The topological polar surface area (TPSA) is 26.0 Å². The van der Waals surface area contributed by atoms with Crippen LogP contribution in [-0.2, 0) is 6.18 Å². The van der Waals surface area contributed by atoms with Crippen LogP contribution in [0.15, 0.2) is 18.2 Å². The monoisotopic (exact) mass is 315 g/mol. The van der Waals surface area contributed by atoms with E-state index in [2.05, 4.69) is 6.92 Å². The lowest BCUT2D eigenvalue weighted by atomic mass is 9.99. The molecule has 0 amide bonds. The van der Waals surface area contributed by atoms with E-state index < -0.39 is 17.8 Å². The van der Waals surface area contributed by atoms with Crippen molar-refractivity contribution in [2.45, 2.75) is 44.8 Å². The standard InChI is InChI=1S/C13H17ClF3N.ClH/c1-2-3-4-5-12(18)9-6-10(13(15,16)17)8-11(14)7-9;/h6-8,12H,2-5,18H2,1H3;1H/t12-;/m1./s1. The van der Waals surface area contributed by atoms with Crippen LogP contribution in [0, 0.1) is 0 Å². The molecule has 0 unspecified atom stereocenters. The highest BCUT2D eigenvalue weighted by Gasteiger charge is 2.31. The van der Waals surface area contributed by atoms with E-state index >= 15 is 0 Å². The van der Waals surface area contributed by atoms with Crippen LogP contribution in [0.4, 0.5) is 13.2 Å². The molecule has 0 spiro atoms. The fraction of sp³-hybridized carbons (Fsp3) is 0.538. The molecule has 1 atom stereocenters. The van der Waals surface area contributed by atoms with Crippen molar-refractivity contribution in [1.82, 2.24) is 0 Å². The summed E-state index contributed by atoms with van der Waals surface area (Å²) >= 11 is 5.71. The van der Waals surface area contributed by atoms with Crippen molar-refractivity contribution >= 4 is 24.0 Å². The zero-order chi connectivity index (χ0) is 13.8. The maximum atomic E-state index is 12.6. The summed E-state index contributed by atoms with van der Waals surface area (Å²) in [4.78, 5) is 0. The summed E-state index contributed by atoms with van der Waals surface area (Å²) in [7, 11) is 0. The summed E-state index contributed by atoms with van der Waals surface area (Å²) in [6.07, 6.45) is -0.726. The minimum absolute atomic E-state index is 0. The number of hydrogen-bond acceptors (Lipinski definition) is 1. The molecule has 0 aromatic heterocycles. The second kappa shape index (κ2) is 7.98. The van der Waals surface area contributed by atoms with Crippen molar-refractivity contribution in [2.24, 2.45) is 5.73 Å². The maximum absolute atomic E-state index is 12.6. The van der Waals surface area contributed by atoms with Crippen LogP contribution in [0.2, 0.25) is 5.02 Å². The summed E-state index contributed by atoms with van der Waals surface area (Å²) in [5.41, 5.74) is 5.60. The molecule has 0 aliphatic heterocycles. The lowest BCUT2D eigenvalue weighted by Crippen LogP contribution is -2.12. The van der Waals surface area contributed by atoms with Crippen LogP contribution in [0.1, 0.15) is 49.8 Å². The molecule has 2 N–H and O–H groups in total. The van der Waals surface area contributed by atoms with Crippen molar-refractivity contribution in [3.63, 3.8) is 0 Å². The smallest absolute Gasteiger partial charge is 0.324 e. The summed E-state index contributed by atoms with van der Waals surface area (Å²) in [6, 6.07) is 3.12. The molecule has 1 aromatic rings. The molecule has 0 aliphatic rings. The van der Waals surface area contributed by atoms with E-state index in [4.69, 9.17) is 17.3 Å². The summed E-state index contributed by atoms with van der Waals surface area (Å²) < 4.78 is 37.9. The third-order valence-corrected chi connectivity index (χ3v) is 3.01. The van der Waals surface area contributed by atoms with Crippen LogP contribution in [0.25, 0.3) is 0 Å². The Morgan fingerprint density at radius 3 is 2.37 bits per heavy atom. The first-order valence-corrected chi connectivity index (χ1v) is 6.35. The van der Waals surface area contributed by atoms with Gasteiger partial charge in [0.15, 0.2) is 0 Å². The molecule has 0 saturated carbocycles. The Kier molecular flexibility index (Phi) is 7.79. The van der Waals surface area contributed by atoms with Crippen molar-refractivity contribution in [2.75, 3.05) is 0 Å². The average molecular weight is 316 g/mol. The average Bonchev–Trinajstić information content (AvgIpc) is 2.27. The molecule has 0 radical (unpaired) electrons. The third-order valence-electron chi connectivity index (χ3n) is 2.79. The van der Waals surface area contributed by atoms with Crippen LogP contribution in [0.5, 0.6) is 0 Å². The van der Waals surface area contributed by atoms with Crippen molar-refractivity contribution < 1.29 is 13.2 Å². The summed E-state index contributed by atoms with van der Waals surface area (Å²) in [5, 5.41) is 0.0748. The number of rotatable bonds is 5. The summed E-state index contributed by atoms with van der Waals surface area (Å²) in [5.74, 6) is 0. The lowest BCUT2D eigenvalue weighted by molar-refractivity contribution is -0.137. The van der Waals surface area contributed by atoms with Gasteiger partial charge in [-0.15, -0.1) is 12.4 Å². The zero-order valence-corrected chi connectivity index (χ0v) is 12.2. The molecule has 1 aromatic carbocycles. The van der Waals surface area contributed by atoms with Crippen LogP contribution >= 0.6 is 24.0 Å². The Morgan fingerprint density at radius 2 is 1.84 bits per heavy atom. The quantitative estimate of drug-likeness (QED) is 0.727. The fourth-order valence-electron chi connectivity index (χ4n) is 1.77. The Morgan fingerprint density at radius 1 is 1.21 bits per heavy atom. The van der Waals surface area contributed by atoms with Crippen molar-refractivity contribution in [3.05, 3.63) is 34.3 Å². The highest BCUT2D eigenvalue weighted by Crippen LogP contribution is 2.33. The van der Waals surface area contributed by atoms with E-state index in [0.717, 1.165) is 31.4 Å². The van der Waals surface area contributed by atoms with Gasteiger partial charge in [0.2, 0.25) is 0 Å². The number of benzene rings is 1. The van der Waals surface area contributed by atoms with Gasteiger partial charge in [-0.1, -0.05) is 37.8 Å². The van der Waals surface area contributed by atoms with Gasteiger partial charge in [0.1, 0.15) is 0 Å². The van der Waals surface area contributed by atoms with E-state index in [1.807, 2.05) is 0 Å². The second-order valence-electron chi connectivity index (χ2n) is 4.37. The van der Waals surface area contributed by atoms with Gasteiger partial charge >= 0.3 is 6.18 Å². The molecule has 0 saturated heterocycles. The Balaban J connectivity index is 0.00000324. The fourth-order valence-corrected chi connectivity index (χ4v) is 2.01. The van der Waals surface area contributed by atoms with Gasteiger partial charge < -0.3 is 5.73 Å². The normalized spacial score (nSPS) is 12.9. The van der Waals surface area contributed by atoms with E-state index in [0.29, 0.717) is 12.0 Å². The second-order valence-corrected chi connectivity index (χ2v) is 4.81. The molecule has 0 bridgehead atoms. The summed E-state index contributed by atoms with van der Waals surface area (Å²) in [6.45, 7) is 2.06. The molecule has 0 aliphatic carbocycles. The van der Waals surface area contributed by atoms with Crippen LogP contribution in [-0.4, -0.2) is 0 Å². The number of nitrogens with two attached hydrogens (primary N) is 1. The maximum Gasteiger partial charge on any atom is 0.416 e. The van der Waals surface area contributed by atoms with Crippen molar-refractivity contribution in [3.8, 4) is 0 Å². The molecule has 19 heavy (non-hydrogen) atoms. The van der Waals surface area contributed by atoms with E-state index in [9.17, 15) is 13.2 Å². The highest BCUT2D eigenvalue weighted by molar-refractivity contribution is 6.30. The van der Waals surface area contributed by atoms with E-state index in [-0.39, 0.29) is 17.4 Å². The predicted molar refractivity (Wildman–Crippen MR) is 74.8 cm³/mol. The first-order chi connectivity index (χ1) is 8.34. The Labute approximate surface area is 122 Å². The van der Waals surface area contributed by atoms with Crippen LogP contribution < -0.4 is 5.73 Å². The molecular weight excluding hydrogens is 298 g/mol. The molecule has 0 heterocycles. The lowest BCUT2D eigenvalue weighted by Gasteiger charge is -2.15. The number of unbranched alkanes of at least 4 members (excludes halogenated alkanes) is 2. The number of halogens is 5. The largest absolute Gasteiger partial charge is 0.416 e. The zero-order valence-electron chi connectivity index (χ0n) is 10.6. The van der Waals surface area contributed by atoms with Gasteiger partial charge in [-0.2, -0.15) is 13.2 Å². The third kappa shape index (κ3) is 6.02. The Bertz CT molecular complexity index is 394. The van der Waals surface area contributed by atoms with Gasteiger partial charge in [0, 0.05) is 11.1 Å². The van der Waals surface area contributed by atoms with Crippen molar-refractivity contribution in [1.29, 1.82) is 0 Å². The highest BCUT2D eigenvalue weighted by atomic mass is 35.5. The Hall–Kier alpha value is -0.450. The minimum atomic E-state index is -4.39. The van der Waals surface area contributed by atoms with Gasteiger partial charge in [0.25, 0.3) is 0 Å². The van der Waals surface area contributed by atoms with Gasteiger partial charge in [-0.3, -0.25) is 0 Å². The van der Waals surface area contributed by atoms with Gasteiger partial charge in [-0.05, 0) is 30.2 Å². The van der Waals surface area contributed by atoms with Gasteiger partial charge in [0.05, 0.1) is 5.56 Å². The molecule has 0 fully saturated rings. The van der Waals surface area contributed by atoms with Gasteiger partial charge in [-0.25, -0.2) is 0 Å². The molecule has 1 nitrogen and oxygen atoms in total.